The average Bonchev–Trinajstić information content (AvgIpc) is 2.47. The van der Waals surface area contributed by atoms with Gasteiger partial charge in [-0.15, -0.1) is 0 Å². The lowest BCUT2D eigenvalue weighted by atomic mass is 10.00. The van der Waals surface area contributed by atoms with Gasteiger partial charge in [0.05, 0.1) is 20.3 Å². The molecule has 1 unspecified atom stereocenters. The molecule has 21 heavy (non-hydrogen) atoms. The fourth-order valence-electron chi connectivity index (χ4n) is 2.19. The third-order valence-corrected chi connectivity index (χ3v) is 3.94. The highest BCUT2D eigenvalue weighted by Crippen LogP contribution is 2.33. The Morgan fingerprint density at radius 3 is 2.48 bits per heavy atom. The molecule has 0 saturated carbocycles. The molecule has 3 nitrogen and oxygen atoms in total. The quantitative estimate of drug-likeness (QED) is 0.847. The molecule has 0 aromatic heterocycles. The summed E-state index contributed by atoms with van der Waals surface area (Å²) < 4.78 is 11.5. The Hall–Kier alpha value is -1.23. The minimum Gasteiger partial charge on any atom is -0.496 e. The van der Waals surface area contributed by atoms with Crippen molar-refractivity contribution in [1.82, 2.24) is 0 Å². The van der Waals surface area contributed by atoms with E-state index in [4.69, 9.17) is 21.1 Å². The Morgan fingerprint density at radius 2 is 1.81 bits per heavy atom. The normalized spacial score (nSPS) is 12.0. The van der Waals surface area contributed by atoms with Crippen LogP contribution in [0, 0.1) is 0 Å². The van der Waals surface area contributed by atoms with Crippen LogP contribution in [0.25, 0.3) is 0 Å². The van der Waals surface area contributed by atoms with Gasteiger partial charge in [0.1, 0.15) is 11.5 Å². The molecule has 2 aromatic carbocycles. The molecule has 5 heteroatoms. The Balaban J connectivity index is 2.30. The second-order valence-electron chi connectivity index (χ2n) is 4.56. The van der Waals surface area contributed by atoms with Crippen molar-refractivity contribution in [2.75, 3.05) is 14.2 Å². The van der Waals surface area contributed by atoms with E-state index in [1.165, 1.54) is 0 Å². The Kier molecular flexibility index (Phi) is 5.51. The lowest BCUT2D eigenvalue weighted by molar-refractivity contribution is 0.173. The first-order valence-electron chi connectivity index (χ1n) is 6.39. The monoisotopic (exact) mass is 370 g/mol. The van der Waals surface area contributed by atoms with E-state index < -0.39 is 6.10 Å². The van der Waals surface area contributed by atoms with Crippen LogP contribution in [-0.4, -0.2) is 19.3 Å². The smallest absolute Gasteiger partial charge is 0.126 e. The molecule has 0 aliphatic rings. The number of benzene rings is 2. The third kappa shape index (κ3) is 3.90. The van der Waals surface area contributed by atoms with Crippen molar-refractivity contribution < 1.29 is 14.6 Å². The zero-order chi connectivity index (χ0) is 15.4. The number of halogens is 2. The summed E-state index contributed by atoms with van der Waals surface area (Å²) in [5, 5.41) is 11.1. The van der Waals surface area contributed by atoms with Crippen molar-refractivity contribution >= 4 is 27.5 Å². The van der Waals surface area contributed by atoms with Crippen molar-refractivity contribution in [1.29, 1.82) is 0 Å². The summed E-state index contributed by atoms with van der Waals surface area (Å²) in [6, 6.07) is 10.9. The maximum atomic E-state index is 10.5. The molecule has 112 valence electrons. The molecule has 0 heterocycles. The Morgan fingerprint density at radius 1 is 1.10 bits per heavy atom. The van der Waals surface area contributed by atoms with Crippen LogP contribution >= 0.6 is 27.5 Å². The van der Waals surface area contributed by atoms with Gasteiger partial charge in [-0.1, -0.05) is 33.6 Å². The van der Waals surface area contributed by atoms with E-state index in [0.29, 0.717) is 22.8 Å². The number of rotatable bonds is 5. The van der Waals surface area contributed by atoms with Gasteiger partial charge in [0.15, 0.2) is 0 Å². The fourth-order valence-corrected chi connectivity index (χ4v) is 2.76. The first-order valence-corrected chi connectivity index (χ1v) is 7.56. The van der Waals surface area contributed by atoms with Crippen LogP contribution in [0.3, 0.4) is 0 Å². The van der Waals surface area contributed by atoms with Crippen molar-refractivity contribution in [3.05, 3.63) is 57.0 Å². The van der Waals surface area contributed by atoms with E-state index in [-0.39, 0.29) is 0 Å². The number of hydrogen-bond acceptors (Lipinski definition) is 3. The molecule has 1 N–H and O–H groups in total. The maximum absolute atomic E-state index is 10.5. The summed E-state index contributed by atoms with van der Waals surface area (Å²) in [4.78, 5) is 0. The predicted molar refractivity (Wildman–Crippen MR) is 87.4 cm³/mol. The largest absolute Gasteiger partial charge is 0.496 e. The van der Waals surface area contributed by atoms with Crippen LogP contribution in [0.4, 0.5) is 0 Å². The molecule has 0 bridgehead atoms. The SMILES string of the molecule is COc1ccc(Br)cc1CC(O)c1ccc(Cl)cc1OC. The van der Waals surface area contributed by atoms with Gasteiger partial charge < -0.3 is 14.6 Å². The highest BCUT2D eigenvalue weighted by atomic mass is 79.9. The molecule has 0 aliphatic carbocycles. The van der Waals surface area contributed by atoms with Crippen molar-refractivity contribution in [2.45, 2.75) is 12.5 Å². The number of ether oxygens (including phenoxy) is 2. The zero-order valence-corrected chi connectivity index (χ0v) is 14.1. The predicted octanol–water partition coefficient (Wildman–Crippen LogP) is 4.40. The van der Waals surface area contributed by atoms with Crippen LogP contribution in [0.15, 0.2) is 40.9 Å². The van der Waals surface area contributed by atoms with Gasteiger partial charge >= 0.3 is 0 Å². The van der Waals surface area contributed by atoms with E-state index in [0.717, 1.165) is 15.8 Å². The Labute approximate surface area is 137 Å². The molecule has 0 spiro atoms. The molecular formula is C16H16BrClO3. The first-order chi connectivity index (χ1) is 10.0. The summed E-state index contributed by atoms with van der Waals surface area (Å²) in [5.41, 5.74) is 1.61. The summed E-state index contributed by atoms with van der Waals surface area (Å²) in [6.45, 7) is 0. The summed E-state index contributed by atoms with van der Waals surface area (Å²) in [7, 11) is 3.17. The van der Waals surface area contributed by atoms with Crippen molar-refractivity contribution in [3.63, 3.8) is 0 Å². The lowest BCUT2D eigenvalue weighted by Crippen LogP contribution is -2.05. The summed E-state index contributed by atoms with van der Waals surface area (Å²) in [6.07, 6.45) is -0.291. The third-order valence-electron chi connectivity index (χ3n) is 3.21. The van der Waals surface area contributed by atoms with Crippen LogP contribution in [0.2, 0.25) is 5.02 Å². The van der Waals surface area contributed by atoms with Crippen molar-refractivity contribution in [2.24, 2.45) is 0 Å². The molecule has 0 saturated heterocycles. The summed E-state index contributed by atoms with van der Waals surface area (Å²) >= 11 is 9.37. The molecule has 0 aliphatic heterocycles. The van der Waals surface area contributed by atoms with Gasteiger partial charge in [-0.25, -0.2) is 0 Å². The minimum absolute atomic E-state index is 0.417. The van der Waals surface area contributed by atoms with Gasteiger partial charge in [-0.3, -0.25) is 0 Å². The van der Waals surface area contributed by atoms with Crippen LogP contribution < -0.4 is 9.47 Å². The van der Waals surface area contributed by atoms with E-state index in [1.807, 2.05) is 18.2 Å². The average molecular weight is 372 g/mol. The molecule has 0 radical (unpaired) electrons. The molecule has 2 aromatic rings. The van der Waals surface area contributed by atoms with Gasteiger partial charge in [-0.05, 0) is 35.9 Å². The lowest BCUT2D eigenvalue weighted by Gasteiger charge is -2.17. The van der Waals surface area contributed by atoms with Gasteiger partial charge in [0.25, 0.3) is 0 Å². The van der Waals surface area contributed by atoms with E-state index in [9.17, 15) is 5.11 Å². The number of methoxy groups -OCH3 is 2. The zero-order valence-electron chi connectivity index (χ0n) is 11.8. The second-order valence-corrected chi connectivity index (χ2v) is 5.91. The number of aliphatic hydroxyl groups excluding tert-OH is 1. The highest BCUT2D eigenvalue weighted by Gasteiger charge is 2.16. The summed E-state index contributed by atoms with van der Waals surface area (Å²) in [5.74, 6) is 1.31. The molecule has 0 fully saturated rings. The van der Waals surface area contributed by atoms with Gasteiger partial charge in [-0.2, -0.15) is 0 Å². The van der Waals surface area contributed by atoms with Gasteiger partial charge in [0.2, 0.25) is 0 Å². The van der Waals surface area contributed by atoms with Crippen LogP contribution in [-0.2, 0) is 6.42 Å². The standard InChI is InChI=1S/C16H16BrClO3/c1-20-15-6-3-11(17)7-10(15)8-14(19)13-5-4-12(18)9-16(13)21-2/h3-7,9,14,19H,8H2,1-2H3. The van der Waals surface area contributed by atoms with Crippen LogP contribution in [0.1, 0.15) is 17.2 Å². The second kappa shape index (κ2) is 7.16. The minimum atomic E-state index is -0.708. The molecule has 0 amide bonds. The molecule has 1 atom stereocenters. The molecule has 2 rings (SSSR count). The van der Waals surface area contributed by atoms with Gasteiger partial charge in [0, 0.05) is 21.5 Å². The van der Waals surface area contributed by atoms with E-state index in [2.05, 4.69) is 15.9 Å². The highest BCUT2D eigenvalue weighted by molar-refractivity contribution is 9.10. The number of hydrogen-bond donors (Lipinski definition) is 1. The fraction of sp³-hybridized carbons (Fsp3) is 0.250. The molecular weight excluding hydrogens is 356 g/mol. The topological polar surface area (TPSA) is 38.7 Å². The first kappa shape index (κ1) is 16.1. The van der Waals surface area contributed by atoms with Crippen LogP contribution in [0.5, 0.6) is 11.5 Å². The van der Waals surface area contributed by atoms with E-state index >= 15 is 0 Å². The Bertz CT molecular complexity index is 631. The number of aliphatic hydroxyl groups is 1. The van der Waals surface area contributed by atoms with Crippen molar-refractivity contribution in [3.8, 4) is 11.5 Å². The van der Waals surface area contributed by atoms with E-state index in [1.54, 1.807) is 32.4 Å². The maximum Gasteiger partial charge on any atom is 0.126 e.